The number of piperidine rings is 1. The van der Waals surface area contributed by atoms with E-state index >= 15 is 0 Å². The van der Waals surface area contributed by atoms with Crippen LogP contribution in [0.25, 0.3) is 0 Å². The fourth-order valence-electron chi connectivity index (χ4n) is 4.85. The Labute approximate surface area is 221 Å². The summed E-state index contributed by atoms with van der Waals surface area (Å²) in [6.45, 7) is 3.15. The summed E-state index contributed by atoms with van der Waals surface area (Å²) in [4.78, 5) is 30.5. The largest absolute Gasteiger partial charge is 0.349 e. The predicted molar refractivity (Wildman–Crippen MR) is 139 cm³/mol. The number of fused-ring (bicyclic) bond motifs is 1. The number of aromatic nitrogens is 1. The van der Waals surface area contributed by atoms with Crippen LogP contribution in [-0.2, 0) is 27.9 Å². The van der Waals surface area contributed by atoms with Gasteiger partial charge in [-0.05, 0) is 54.1 Å². The van der Waals surface area contributed by atoms with Crippen molar-refractivity contribution in [3.8, 4) is 0 Å². The molecule has 0 spiro atoms. The highest BCUT2D eigenvalue weighted by Crippen LogP contribution is 2.45. The van der Waals surface area contributed by atoms with Crippen LogP contribution in [0.3, 0.4) is 0 Å². The van der Waals surface area contributed by atoms with Gasteiger partial charge in [0.1, 0.15) is 0 Å². The number of sulfonamides is 1. The van der Waals surface area contributed by atoms with Gasteiger partial charge < -0.3 is 10.2 Å². The molecule has 2 heterocycles. The molecular weight excluding hydrogens is 512 g/mol. The predicted octanol–water partition coefficient (Wildman–Crippen LogP) is 3.33. The van der Waals surface area contributed by atoms with E-state index < -0.39 is 10.0 Å². The van der Waals surface area contributed by atoms with Crippen molar-refractivity contribution >= 4 is 33.4 Å². The number of pyridine rings is 1. The number of nitrogens with one attached hydrogen (secondary N) is 1. The SMILES string of the molecule is CC(=O)N1C[C@@H]2C(NC(=O)c3ccc(CN(Cc4ccccn4)S(=O)(=O)c4ccc(Cl)cc4)cc3)[C@@H]2C1. The molecule has 3 aromatic rings. The van der Waals surface area contributed by atoms with Crippen molar-refractivity contribution in [1.29, 1.82) is 0 Å². The molecule has 2 aliphatic rings. The van der Waals surface area contributed by atoms with Crippen LogP contribution < -0.4 is 5.32 Å². The van der Waals surface area contributed by atoms with Gasteiger partial charge in [-0.3, -0.25) is 14.6 Å². The number of carbonyl (C=O) groups excluding carboxylic acids is 2. The van der Waals surface area contributed by atoms with E-state index in [1.165, 1.54) is 16.4 Å². The normalized spacial score (nSPS) is 20.5. The number of halogens is 1. The smallest absolute Gasteiger partial charge is 0.251 e. The Balaban J connectivity index is 1.28. The molecule has 1 saturated heterocycles. The zero-order valence-corrected chi connectivity index (χ0v) is 21.8. The van der Waals surface area contributed by atoms with Crippen molar-refractivity contribution in [3.05, 3.63) is 94.8 Å². The number of likely N-dealkylation sites (tertiary alicyclic amines) is 1. The minimum absolute atomic E-state index is 0.0723. The minimum Gasteiger partial charge on any atom is -0.349 e. The van der Waals surface area contributed by atoms with Crippen molar-refractivity contribution in [3.63, 3.8) is 0 Å². The number of carbonyl (C=O) groups is 2. The lowest BCUT2D eigenvalue weighted by Gasteiger charge is -2.22. The standard InChI is InChI=1S/C27H27ClN4O4S/c1-18(33)31-16-24-25(17-31)26(24)30-27(34)20-7-5-19(6-8-20)14-32(15-22-4-2-3-13-29-22)37(35,36)23-11-9-21(28)10-12-23/h2-13,24-26H,14-17H2,1H3,(H,30,34)/t24-,25+,26?. The van der Waals surface area contributed by atoms with Crippen molar-refractivity contribution in [2.45, 2.75) is 31.0 Å². The molecule has 1 aliphatic carbocycles. The molecule has 37 heavy (non-hydrogen) atoms. The first kappa shape index (κ1) is 25.4. The molecule has 8 nitrogen and oxygen atoms in total. The Morgan fingerprint density at radius 1 is 1.00 bits per heavy atom. The Morgan fingerprint density at radius 3 is 2.27 bits per heavy atom. The molecule has 2 fully saturated rings. The van der Waals surface area contributed by atoms with Crippen LogP contribution in [0.5, 0.6) is 0 Å². The molecule has 0 radical (unpaired) electrons. The molecule has 1 unspecified atom stereocenters. The Bertz CT molecular complexity index is 1390. The van der Waals surface area contributed by atoms with E-state index in [9.17, 15) is 18.0 Å². The Hall–Kier alpha value is -3.27. The van der Waals surface area contributed by atoms with E-state index in [1.807, 2.05) is 11.0 Å². The van der Waals surface area contributed by atoms with Gasteiger partial charge in [-0.25, -0.2) is 8.42 Å². The maximum absolute atomic E-state index is 13.5. The summed E-state index contributed by atoms with van der Waals surface area (Å²) in [6.07, 6.45) is 1.63. The van der Waals surface area contributed by atoms with Crippen molar-refractivity contribution in [2.24, 2.45) is 11.8 Å². The minimum atomic E-state index is -3.84. The summed E-state index contributed by atoms with van der Waals surface area (Å²) in [5.74, 6) is 0.554. The average molecular weight is 539 g/mol. The summed E-state index contributed by atoms with van der Waals surface area (Å²) in [5, 5.41) is 3.53. The Kier molecular flexibility index (Phi) is 7.02. The third kappa shape index (κ3) is 5.53. The third-order valence-corrected chi connectivity index (χ3v) is 9.09. The van der Waals surface area contributed by atoms with E-state index in [0.29, 0.717) is 41.2 Å². The number of hydrogen-bond donors (Lipinski definition) is 1. The highest BCUT2D eigenvalue weighted by atomic mass is 35.5. The number of rotatable bonds is 8. The lowest BCUT2D eigenvalue weighted by Crippen LogP contribution is -2.36. The monoisotopic (exact) mass is 538 g/mol. The first-order chi connectivity index (χ1) is 17.7. The van der Waals surface area contributed by atoms with Crippen molar-refractivity contribution in [2.75, 3.05) is 13.1 Å². The van der Waals surface area contributed by atoms with Crippen molar-refractivity contribution < 1.29 is 18.0 Å². The summed E-state index contributed by atoms with van der Waals surface area (Å²) in [6, 6.07) is 18.5. The lowest BCUT2D eigenvalue weighted by molar-refractivity contribution is -0.128. The zero-order valence-electron chi connectivity index (χ0n) is 20.2. The van der Waals surface area contributed by atoms with Crippen LogP contribution in [0.4, 0.5) is 0 Å². The number of amides is 2. The van der Waals surface area contributed by atoms with Crippen LogP contribution in [0, 0.1) is 11.8 Å². The van der Waals surface area contributed by atoms with Gasteiger partial charge in [0.25, 0.3) is 5.91 Å². The van der Waals surface area contributed by atoms with E-state index in [-0.39, 0.29) is 35.8 Å². The average Bonchev–Trinajstić information content (AvgIpc) is 3.31. The zero-order chi connectivity index (χ0) is 26.2. The molecule has 0 bridgehead atoms. The van der Waals surface area contributed by atoms with Crippen LogP contribution in [0.15, 0.2) is 77.8 Å². The van der Waals surface area contributed by atoms with Crippen LogP contribution in [0.2, 0.25) is 5.02 Å². The van der Waals surface area contributed by atoms with E-state index in [4.69, 9.17) is 11.6 Å². The second-order valence-corrected chi connectivity index (χ2v) is 11.9. The van der Waals surface area contributed by atoms with Gasteiger partial charge in [0.15, 0.2) is 0 Å². The van der Waals surface area contributed by atoms with E-state index in [0.717, 1.165) is 5.56 Å². The second-order valence-electron chi connectivity index (χ2n) is 9.50. The summed E-state index contributed by atoms with van der Waals surface area (Å²) in [5.41, 5.74) is 1.87. The van der Waals surface area contributed by atoms with E-state index in [2.05, 4.69) is 10.3 Å². The molecule has 2 amide bonds. The highest BCUT2D eigenvalue weighted by molar-refractivity contribution is 7.89. The molecule has 1 aliphatic heterocycles. The molecule has 1 aromatic heterocycles. The van der Waals surface area contributed by atoms with Crippen LogP contribution in [0.1, 0.15) is 28.5 Å². The van der Waals surface area contributed by atoms with Gasteiger partial charge in [-0.1, -0.05) is 29.8 Å². The maximum Gasteiger partial charge on any atom is 0.251 e. The molecule has 10 heteroatoms. The fraction of sp³-hybridized carbons (Fsp3) is 0.296. The number of nitrogens with zero attached hydrogens (tertiary/aromatic N) is 3. The first-order valence-corrected chi connectivity index (χ1v) is 13.8. The molecule has 192 valence electrons. The molecular formula is C27H27ClN4O4S. The van der Waals surface area contributed by atoms with Gasteiger partial charge in [-0.2, -0.15) is 4.31 Å². The third-order valence-electron chi connectivity index (χ3n) is 7.03. The molecule has 2 aromatic carbocycles. The van der Waals surface area contributed by atoms with Gasteiger partial charge in [0.2, 0.25) is 15.9 Å². The van der Waals surface area contributed by atoms with Gasteiger partial charge in [-0.15, -0.1) is 0 Å². The van der Waals surface area contributed by atoms with Crippen LogP contribution in [-0.4, -0.2) is 53.6 Å². The summed E-state index contributed by atoms with van der Waals surface area (Å²) in [7, 11) is -3.84. The number of benzene rings is 2. The fourth-order valence-corrected chi connectivity index (χ4v) is 6.38. The summed E-state index contributed by atoms with van der Waals surface area (Å²) < 4.78 is 28.3. The highest BCUT2D eigenvalue weighted by Gasteiger charge is 2.57. The number of hydrogen-bond acceptors (Lipinski definition) is 5. The molecule has 3 atom stereocenters. The van der Waals surface area contributed by atoms with Gasteiger partial charge >= 0.3 is 0 Å². The first-order valence-electron chi connectivity index (χ1n) is 12.0. The maximum atomic E-state index is 13.5. The topological polar surface area (TPSA) is 99.7 Å². The van der Waals surface area contributed by atoms with Crippen molar-refractivity contribution in [1.82, 2.24) is 19.5 Å². The molecule has 1 saturated carbocycles. The lowest BCUT2D eigenvalue weighted by atomic mass is 10.1. The molecule has 1 N–H and O–H groups in total. The van der Waals surface area contributed by atoms with E-state index in [1.54, 1.807) is 61.7 Å². The van der Waals surface area contributed by atoms with Gasteiger partial charge in [0.05, 0.1) is 17.1 Å². The molecule has 5 rings (SSSR count). The Morgan fingerprint density at radius 2 is 1.68 bits per heavy atom. The van der Waals surface area contributed by atoms with Crippen LogP contribution >= 0.6 is 11.6 Å². The van der Waals surface area contributed by atoms with Gasteiger partial charge in [0, 0.05) is 61.2 Å². The summed E-state index contributed by atoms with van der Waals surface area (Å²) >= 11 is 5.96. The second kappa shape index (κ2) is 10.2. The quantitative estimate of drug-likeness (QED) is 0.474.